The van der Waals surface area contributed by atoms with Crippen LogP contribution >= 0.6 is 11.8 Å². The van der Waals surface area contributed by atoms with E-state index in [0.717, 1.165) is 40.8 Å². The average Bonchev–Trinajstić information content (AvgIpc) is 3.16. The highest BCUT2D eigenvalue weighted by atomic mass is 32.2. The van der Waals surface area contributed by atoms with Crippen LogP contribution in [-0.2, 0) is 6.42 Å². The number of aromatic nitrogens is 4. The SMILES string of the molecule is Cc1cccc(-n2c(SCCCc3ccccc3)nnc2-c2ccncc2)c1. The van der Waals surface area contributed by atoms with Crippen LogP contribution < -0.4 is 0 Å². The standard InChI is InChI=1S/C23H22N4S/c1-18-7-5-11-21(17-18)27-22(20-12-14-24-15-13-20)25-26-23(27)28-16-6-10-19-8-3-2-4-9-19/h2-5,7-9,11-15,17H,6,10,16H2,1H3. The molecule has 0 N–H and O–H groups in total. The molecule has 0 aliphatic rings. The van der Waals surface area contributed by atoms with Crippen molar-refractivity contribution >= 4 is 11.8 Å². The summed E-state index contributed by atoms with van der Waals surface area (Å²) in [5.74, 6) is 1.84. The third-order valence-corrected chi connectivity index (χ3v) is 5.53. The van der Waals surface area contributed by atoms with Crippen LogP contribution in [0.3, 0.4) is 0 Å². The van der Waals surface area contributed by atoms with Gasteiger partial charge in [0.25, 0.3) is 0 Å². The van der Waals surface area contributed by atoms with Crippen molar-refractivity contribution in [1.29, 1.82) is 0 Å². The quantitative estimate of drug-likeness (QED) is 0.317. The molecule has 0 unspecified atom stereocenters. The first-order chi connectivity index (χ1) is 13.8. The molecule has 5 heteroatoms. The molecule has 0 spiro atoms. The van der Waals surface area contributed by atoms with Crippen LogP contribution in [-0.4, -0.2) is 25.5 Å². The van der Waals surface area contributed by atoms with Gasteiger partial charge in [-0.2, -0.15) is 0 Å². The molecule has 0 saturated heterocycles. The topological polar surface area (TPSA) is 43.6 Å². The number of pyridine rings is 1. The third kappa shape index (κ3) is 4.31. The lowest BCUT2D eigenvalue weighted by molar-refractivity contribution is 0.874. The fraction of sp³-hybridized carbons (Fsp3) is 0.174. The first kappa shape index (κ1) is 18.4. The number of nitrogens with zero attached hydrogens (tertiary/aromatic N) is 4. The van der Waals surface area contributed by atoms with Crippen molar-refractivity contribution in [1.82, 2.24) is 19.7 Å². The van der Waals surface area contributed by atoms with Crippen LogP contribution in [0.15, 0.2) is 84.3 Å². The fourth-order valence-corrected chi connectivity index (χ4v) is 4.03. The lowest BCUT2D eigenvalue weighted by Gasteiger charge is -2.11. The molecule has 2 aromatic carbocycles. The maximum absolute atomic E-state index is 4.50. The highest BCUT2D eigenvalue weighted by molar-refractivity contribution is 7.99. The van der Waals surface area contributed by atoms with E-state index in [2.05, 4.69) is 81.3 Å². The van der Waals surface area contributed by atoms with Gasteiger partial charge in [-0.05, 0) is 55.2 Å². The number of thioether (sulfide) groups is 1. The second kappa shape index (κ2) is 8.85. The van der Waals surface area contributed by atoms with E-state index in [1.165, 1.54) is 11.1 Å². The van der Waals surface area contributed by atoms with Crippen LogP contribution in [0, 0.1) is 6.92 Å². The van der Waals surface area contributed by atoms with Crippen molar-refractivity contribution in [2.45, 2.75) is 24.9 Å². The fourth-order valence-electron chi connectivity index (χ4n) is 3.14. The zero-order valence-electron chi connectivity index (χ0n) is 15.8. The van der Waals surface area contributed by atoms with E-state index in [-0.39, 0.29) is 0 Å². The Labute approximate surface area is 169 Å². The van der Waals surface area contributed by atoms with Gasteiger partial charge >= 0.3 is 0 Å². The molecule has 4 rings (SSSR count). The maximum Gasteiger partial charge on any atom is 0.196 e. The Hall–Kier alpha value is -2.92. The minimum Gasteiger partial charge on any atom is -0.270 e. The Morgan fingerprint density at radius 3 is 2.50 bits per heavy atom. The van der Waals surface area contributed by atoms with Gasteiger partial charge in [-0.15, -0.1) is 10.2 Å². The molecule has 2 heterocycles. The molecule has 0 radical (unpaired) electrons. The number of benzene rings is 2. The highest BCUT2D eigenvalue weighted by Crippen LogP contribution is 2.28. The summed E-state index contributed by atoms with van der Waals surface area (Å²) in [5, 5.41) is 9.91. The van der Waals surface area contributed by atoms with Gasteiger partial charge in [0.05, 0.1) is 0 Å². The zero-order chi connectivity index (χ0) is 19.2. The predicted octanol–water partition coefficient (Wildman–Crippen LogP) is 5.36. The monoisotopic (exact) mass is 386 g/mol. The molecule has 0 atom stereocenters. The molecule has 0 saturated carbocycles. The van der Waals surface area contributed by atoms with Crippen LogP contribution in [0.5, 0.6) is 0 Å². The lowest BCUT2D eigenvalue weighted by atomic mass is 10.1. The first-order valence-electron chi connectivity index (χ1n) is 9.41. The van der Waals surface area contributed by atoms with E-state index in [1.54, 1.807) is 24.2 Å². The summed E-state index contributed by atoms with van der Waals surface area (Å²) in [7, 11) is 0. The second-order valence-electron chi connectivity index (χ2n) is 6.65. The summed E-state index contributed by atoms with van der Waals surface area (Å²) in [6.45, 7) is 2.10. The maximum atomic E-state index is 4.50. The molecule has 0 aliphatic carbocycles. The van der Waals surface area contributed by atoms with Crippen LogP contribution in [0.4, 0.5) is 0 Å². The van der Waals surface area contributed by atoms with Gasteiger partial charge in [-0.3, -0.25) is 9.55 Å². The van der Waals surface area contributed by atoms with E-state index >= 15 is 0 Å². The van der Waals surface area contributed by atoms with Crippen molar-refractivity contribution < 1.29 is 0 Å². The first-order valence-corrected chi connectivity index (χ1v) is 10.4. The Bertz CT molecular complexity index is 1030. The largest absolute Gasteiger partial charge is 0.270 e. The molecule has 0 fully saturated rings. The molecule has 0 amide bonds. The minimum absolute atomic E-state index is 0.846. The van der Waals surface area contributed by atoms with E-state index in [0.29, 0.717) is 0 Å². The Kier molecular flexibility index (Phi) is 5.83. The molecular weight excluding hydrogens is 364 g/mol. The molecule has 4 nitrogen and oxygen atoms in total. The summed E-state index contributed by atoms with van der Waals surface area (Å²) in [5.41, 5.74) is 4.69. The van der Waals surface area contributed by atoms with Crippen molar-refractivity contribution in [3.8, 4) is 17.1 Å². The van der Waals surface area contributed by atoms with E-state index < -0.39 is 0 Å². The Morgan fingerprint density at radius 2 is 1.71 bits per heavy atom. The average molecular weight is 387 g/mol. The molecule has 0 bridgehead atoms. The normalized spacial score (nSPS) is 10.9. The highest BCUT2D eigenvalue weighted by Gasteiger charge is 2.16. The van der Waals surface area contributed by atoms with Gasteiger partial charge in [0, 0.05) is 29.4 Å². The molecule has 140 valence electrons. The molecule has 2 aromatic heterocycles. The summed E-state index contributed by atoms with van der Waals surface area (Å²) in [6, 6.07) is 23.0. The van der Waals surface area contributed by atoms with Gasteiger partial charge in [0.1, 0.15) is 0 Å². The smallest absolute Gasteiger partial charge is 0.196 e. The molecular formula is C23H22N4S. The minimum atomic E-state index is 0.846. The van der Waals surface area contributed by atoms with Gasteiger partial charge in [0.15, 0.2) is 11.0 Å². The second-order valence-corrected chi connectivity index (χ2v) is 7.72. The van der Waals surface area contributed by atoms with Crippen LogP contribution in [0.1, 0.15) is 17.5 Å². The summed E-state index contributed by atoms with van der Waals surface area (Å²) in [6.07, 6.45) is 5.75. The summed E-state index contributed by atoms with van der Waals surface area (Å²) < 4.78 is 2.15. The van der Waals surface area contributed by atoms with Gasteiger partial charge in [0.2, 0.25) is 0 Å². The number of aryl methyl sites for hydroxylation is 2. The van der Waals surface area contributed by atoms with Crippen LogP contribution in [0.2, 0.25) is 0 Å². The predicted molar refractivity (Wildman–Crippen MR) is 115 cm³/mol. The van der Waals surface area contributed by atoms with E-state index in [1.807, 2.05) is 12.1 Å². The summed E-state index contributed by atoms with van der Waals surface area (Å²) in [4.78, 5) is 4.12. The van der Waals surface area contributed by atoms with Gasteiger partial charge in [-0.25, -0.2) is 0 Å². The van der Waals surface area contributed by atoms with Gasteiger partial charge < -0.3 is 0 Å². The molecule has 0 aliphatic heterocycles. The number of rotatable bonds is 7. The van der Waals surface area contributed by atoms with Crippen molar-refractivity contribution in [2.24, 2.45) is 0 Å². The van der Waals surface area contributed by atoms with Crippen molar-refractivity contribution in [3.63, 3.8) is 0 Å². The van der Waals surface area contributed by atoms with E-state index in [9.17, 15) is 0 Å². The van der Waals surface area contributed by atoms with Crippen molar-refractivity contribution in [2.75, 3.05) is 5.75 Å². The Morgan fingerprint density at radius 1 is 0.893 bits per heavy atom. The third-order valence-electron chi connectivity index (χ3n) is 4.52. The van der Waals surface area contributed by atoms with Gasteiger partial charge in [-0.1, -0.05) is 54.2 Å². The summed E-state index contributed by atoms with van der Waals surface area (Å²) >= 11 is 1.76. The van der Waals surface area contributed by atoms with E-state index in [4.69, 9.17) is 0 Å². The molecule has 4 aromatic rings. The lowest BCUT2D eigenvalue weighted by Crippen LogP contribution is -2.00. The Balaban J connectivity index is 1.57. The zero-order valence-corrected chi connectivity index (χ0v) is 16.6. The number of hydrogen-bond acceptors (Lipinski definition) is 4. The van der Waals surface area contributed by atoms with Crippen LogP contribution in [0.25, 0.3) is 17.1 Å². The number of hydrogen-bond donors (Lipinski definition) is 0. The molecule has 28 heavy (non-hydrogen) atoms. The van der Waals surface area contributed by atoms with Crippen molar-refractivity contribution in [3.05, 3.63) is 90.3 Å².